The van der Waals surface area contributed by atoms with E-state index in [1.807, 2.05) is 27.7 Å². The van der Waals surface area contributed by atoms with Crippen LogP contribution in [0, 0.1) is 19.8 Å². The van der Waals surface area contributed by atoms with Gasteiger partial charge in [0.1, 0.15) is 11.5 Å². The van der Waals surface area contributed by atoms with Gasteiger partial charge in [-0.1, -0.05) is 19.0 Å². The highest BCUT2D eigenvalue weighted by Gasteiger charge is 2.33. The Kier molecular flexibility index (Phi) is 4.71. The average molecular weight is 357 g/mol. The van der Waals surface area contributed by atoms with Crippen LogP contribution < -0.4 is 15.0 Å². The molecular weight excluding hydrogens is 334 g/mol. The standard InChI is InChI=1S/C19H23N3O4/c1-10(2)18(23)20-14-6-7-17-16(8-14)22(19(24)13(5)25-17)9-15-11(3)21-26-12(15)4/h6-8,10,13H,9H2,1-5H3,(H,20,23). The largest absolute Gasteiger partial charge is 0.479 e. The smallest absolute Gasteiger partial charge is 0.268 e. The Hall–Kier alpha value is -2.83. The van der Waals surface area contributed by atoms with E-state index >= 15 is 0 Å². The van der Waals surface area contributed by atoms with Gasteiger partial charge in [0.05, 0.1) is 17.9 Å². The molecule has 0 spiro atoms. The van der Waals surface area contributed by atoms with Crippen molar-refractivity contribution in [3.8, 4) is 5.75 Å². The van der Waals surface area contributed by atoms with Crippen molar-refractivity contribution in [3.63, 3.8) is 0 Å². The Labute approximate surface area is 152 Å². The second kappa shape index (κ2) is 6.82. The van der Waals surface area contributed by atoms with Crippen LogP contribution in [0.5, 0.6) is 5.75 Å². The molecule has 1 aromatic carbocycles. The first-order valence-corrected chi connectivity index (χ1v) is 8.62. The molecule has 1 aliphatic rings. The van der Waals surface area contributed by atoms with Crippen LogP contribution in [0.2, 0.25) is 0 Å². The topological polar surface area (TPSA) is 84.7 Å². The molecule has 7 nitrogen and oxygen atoms in total. The lowest BCUT2D eigenvalue weighted by atomic mass is 10.1. The SMILES string of the molecule is Cc1noc(C)c1CN1C(=O)C(C)Oc2ccc(NC(=O)C(C)C)cc21. The lowest BCUT2D eigenvalue weighted by molar-refractivity contribution is -0.125. The van der Waals surface area contributed by atoms with Crippen LogP contribution in [-0.4, -0.2) is 23.1 Å². The van der Waals surface area contributed by atoms with E-state index in [0.717, 1.165) is 11.3 Å². The molecule has 1 aromatic heterocycles. The quantitative estimate of drug-likeness (QED) is 0.908. The molecule has 0 saturated heterocycles. The van der Waals surface area contributed by atoms with E-state index in [9.17, 15) is 9.59 Å². The van der Waals surface area contributed by atoms with Crippen LogP contribution in [0.25, 0.3) is 0 Å². The Bertz CT molecular complexity index is 837. The molecule has 1 aliphatic heterocycles. The highest BCUT2D eigenvalue weighted by molar-refractivity contribution is 6.01. The molecule has 0 fully saturated rings. The molecule has 26 heavy (non-hydrogen) atoms. The van der Waals surface area contributed by atoms with Gasteiger partial charge < -0.3 is 19.5 Å². The Balaban J connectivity index is 1.97. The van der Waals surface area contributed by atoms with Crippen LogP contribution in [0.15, 0.2) is 22.7 Å². The Morgan fingerprint density at radius 2 is 2.08 bits per heavy atom. The van der Waals surface area contributed by atoms with E-state index < -0.39 is 6.10 Å². The number of anilines is 2. The molecule has 2 heterocycles. The summed E-state index contributed by atoms with van der Waals surface area (Å²) in [5.74, 6) is 0.914. The summed E-state index contributed by atoms with van der Waals surface area (Å²) in [5.41, 5.74) is 2.86. The van der Waals surface area contributed by atoms with Crippen molar-refractivity contribution >= 4 is 23.2 Å². The van der Waals surface area contributed by atoms with Gasteiger partial charge in [0.2, 0.25) is 5.91 Å². The number of amides is 2. The summed E-state index contributed by atoms with van der Waals surface area (Å²) in [7, 11) is 0. The summed E-state index contributed by atoms with van der Waals surface area (Å²) in [5, 5.41) is 6.81. The maximum Gasteiger partial charge on any atom is 0.268 e. The summed E-state index contributed by atoms with van der Waals surface area (Å²) in [6.45, 7) is 9.38. The van der Waals surface area contributed by atoms with E-state index in [4.69, 9.17) is 9.26 Å². The zero-order chi connectivity index (χ0) is 19.0. The number of carbonyl (C=O) groups is 2. The fraction of sp³-hybridized carbons (Fsp3) is 0.421. The predicted molar refractivity (Wildman–Crippen MR) is 97.2 cm³/mol. The number of aryl methyl sites for hydroxylation is 2. The molecule has 138 valence electrons. The van der Waals surface area contributed by atoms with Crippen LogP contribution in [-0.2, 0) is 16.1 Å². The average Bonchev–Trinajstić information content (AvgIpc) is 2.90. The fourth-order valence-corrected chi connectivity index (χ4v) is 2.82. The van der Waals surface area contributed by atoms with Gasteiger partial charge >= 0.3 is 0 Å². The van der Waals surface area contributed by atoms with Gasteiger partial charge in [0.25, 0.3) is 5.91 Å². The number of ether oxygens (including phenoxy) is 1. The summed E-state index contributed by atoms with van der Waals surface area (Å²) < 4.78 is 10.9. The molecule has 1 N–H and O–H groups in total. The molecule has 0 bridgehead atoms. The molecule has 1 atom stereocenters. The molecule has 2 amide bonds. The van der Waals surface area contributed by atoms with Gasteiger partial charge in [-0.3, -0.25) is 9.59 Å². The van der Waals surface area contributed by atoms with Gasteiger partial charge in [-0.2, -0.15) is 0 Å². The highest BCUT2D eigenvalue weighted by atomic mass is 16.5. The van der Waals surface area contributed by atoms with Crippen molar-refractivity contribution in [1.29, 1.82) is 0 Å². The normalized spacial score (nSPS) is 16.5. The maximum atomic E-state index is 12.7. The summed E-state index contributed by atoms with van der Waals surface area (Å²) in [6.07, 6.45) is -0.584. The number of benzene rings is 1. The fourth-order valence-electron chi connectivity index (χ4n) is 2.82. The van der Waals surface area contributed by atoms with Crippen LogP contribution in [0.3, 0.4) is 0 Å². The van der Waals surface area contributed by atoms with Crippen molar-refractivity contribution in [2.75, 3.05) is 10.2 Å². The van der Waals surface area contributed by atoms with Crippen molar-refractivity contribution in [3.05, 3.63) is 35.2 Å². The molecule has 1 unspecified atom stereocenters. The van der Waals surface area contributed by atoms with Crippen LogP contribution >= 0.6 is 0 Å². The Morgan fingerprint density at radius 3 is 2.69 bits per heavy atom. The molecule has 2 aromatic rings. The number of fused-ring (bicyclic) bond motifs is 1. The van der Waals surface area contributed by atoms with Gasteiger partial charge in [0.15, 0.2) is 6.10 Å². The van der Waals surface area contributed by atoms with Crippen molar-refractivity contribution in [1.82, 2.24) is 5.16 Å². The van der Waals surface area contributed by atoms with Gasteiger partial charge in [-0.25, -0.2) is 0 Å². The second-order valence-corrected chi connectivity index (χ2v) is 6.81. The van der Waals surface area contributed by atoms with Gasteiger partial charge in [-0.15, -0.1) is 0 Å². The molecule has 3 rings (SSSR count). The number of nitrogens with zero attached hydrogens (tertiary/aromatic N) is 2. The van der Waals surface area contributed by atoms with E-state index in [1.54, 1.807) is 30.0 Å². The zero-order valence-corrected chi connectivity index (χ0v) is 15.6. The van der Waals surface area contributed by atoms with E-state index in [1.165, 1.54) is 0 Å². The van der Waals surface area contributed by atoms with Gasteiger partial charge in [0, 0.05) is 17.2 Å². The number of aromatic nitrogens is 1. The van der Waals surface area contributed by atoms with E-state index in [-0.39, 0.29) is 17.7 Å². The first-order chi connectivity index (χ1) is 12.3. The molecule has 0 radical (unpaired) electrons. The number of nitrogens with one attached hydrogen (secondary N) is 1. The molecule has 7 heteroatoms. The van der Waals surface area contributed by atoms with Crippen molar-refractivity contribution in [2.24, 2.45) is 5.92 Å². The highest BCUT2D eigenvalue weighted by Crippen LogP contribution is 2.37. The molecule has 0 aliphatic carbocycles. The predicted octanol–water partition coefficient (Wildman–Crippen LogP) is 3.20. The third-order valence-electron chi connectivity index (χ3n) is 4.46. The third kappa shape index (κ3) is 3.29. The Morgan fingerprint density at radius 1 is 1.35 bits per heavy atom. The lowest BCUT2D eigenvalue weighted by Crippen LogP contribution is -2.44. The van der Waals surface area contributed by atoms with Gasteiger partial charge in [-0.05, 0) is 39.0 Å². The molecule has 0 saturated carbocycles. The van der Waals surface area contributed by atoms with Crippen molar-refractivity contribution < 1.29 is 18.8 Å². The van der Waals surface area contributed by atoms with Crippen molar-refractivity contribution in [2.45, 2.75) is 47.3 Å². The first kappa shape index (κ1) is 18.0. The number of hydrogen-bond donors (Lipinski definition) is 1. The monoisotopic (exact) mass is 357 g/mol. The third-order valence-corrected chi connectivity index (χ3v) is 4.46. The number of carbonyl (C=O) groups excluding carboxylic acids is 2. The summed E-state index contributed by atoms with van der Waals surface area (Å²) in [6, 6.07) is 5.31. The van der Waals surface area contributed by atoms with Crippen LogP contribution in [0.4, 0.5) is 11.4 Å². The maximum absolute atomic E-state index is 12.7. The summed E-state index contributed by atoms with van der Waals surface area (Å²) in [4.78, 5) is 26.4. The van der Waals surface area contributed by atoms with Crippen LogP contribution in [0.1, 0.15) is 37.8 Å². The van der Waals surface area contributed by atoms with E-state index in [2.05, 4.69) is 10.5 Å². The lowest BCUT2D eigenvalue weighted by Gasteiger charge is -2.33. The minimum absolute atomic E-state index is 0.0846. The molecular formula is C19H23N3O4. The zero-order valence-electron chi connectivity index (χ0n) is 15.6. The summed E-state index contributed by atoms with van der Waals surface area (Å²) >= 11 is 0. The second-order valence-electron chi connectivity index (χ2n) is 6.81. The number of rotatable bonds is 4. The minimum Gasteiger partial charge on any atom is -0.479 e. The van der Waals surface area contributed by atoms with E-state index in [0.29, 0.717) is 29.4 Å². The first-order valence-electron chi connectivity index (χ1n) is 8.62. The minimum atomic E-state index is -0.584. The number of hydrogen-bond acceptors (Lipinski definition) is 5.